The number of likely N-dealkylation sites (N-methyl/N-ethyl adjacent to an activating group) is 1. The average Bonchev–Trinajstić information content (AvgIpc) is 2.90. The van der Waals surface area contributed by atoms with E-state index in [0.717, 1.165) is 18.2 Å². The third-order valence-corrected chi connectivity index (χ3v) is 5.23. The van der Waals surface area contributed by atoms with Gasteiger partial charge < -0.3 is 15.5 Å². The predicted molar refractivity (Wildman–Crippen MR) is 87.6 cm³/mol. The lowest BCUT2D eigenvalue weighted by molar-refractivity contribution is 0.266. The highest BCUT2D eigenvalue weighted by Crippen LogP contribution is 2.36. The second-order valence-electron chi connectivity index (χ2n) is 7.14. The summed E-state index contributed by atoms with van der Waals surface area (Å²) in [5, 5.41) is 1.14. The SMILES string of the molecule is CC1CN(c2nc(C(C)(C)C)c(CN)s2)CC1N(C)C. The van der Waals surface area contributed by atoms with Gasteiger partial charge in [-0.1, -0.05) is 27.7 Å². The van der Waals surface area contributed by atoms with Gasteiger partial charge in [-0.3, -0.25) is 0 Å². The lowest BCUT2D eigenvalue weighted by Crippen LogP contribution is -2.34. The number of rotatable bonds is 3. The second-order valence-corrected chi connectivity index (χ2v) is 8.20. The molecule has 5 heteroatoms. The zero-order valence-corrected chi connectivity index (χ0v) is 14.4. The molecule has 1 aromatic rings. The van der Waals surface area contributed by atoms with Crippen LogP contribution in [-0.4, -0.2) is 43.1 Å². The largest absolute Gasteiger partial charge is 0.346 e. The molecule has 2 N–H and O–H groups in total. The maximum Gasteiger partial charge on any atom is 0.185 e. The van der Waals surface area contributed by atoms with Crippen LogP contribution in [0.15, 0.2) is 0 Å². The molecule has 114 valence electrons. The van der Waals surface area contributed by atoms with Gasteiger partial charge in [0.1, 0.15) is 0 Å². The Bertz CT molecular complexity index is 461. The van der Waals surface area contributed by atoms with Crippen LogP contribution >= 0.6 is 11.3 Å². The van der Waals surface area contributed by atoms with Crippen LogP contribution in [-0.2, 0) is 12.0 Å². The van der Waals surface area contributed by atoms with Crippen molar-refractivity contribution in [1.82, 2.24) is 9.88 Å². The monoisotopic (exact) mass is 296 g/mol. The zero-order valence-electron chi connectivity index (χ0n) is 13.6. The molecular weight excluding hydrogens is 268 g/mol. The van der Waals surface area contributed by atoms with Crippen LogP contribution in [0.2, 0.25) is 0 Å². The van der Waals surface area contributed by atoms with Gasteiger partial charge in [0.05, 0.1) is 5.69 Å². The van der Waals surface area contributed by atoms with Crippen molar-refractivity contribution in [3.05, 3.63) is 10.6 Å². The number of thiazole rings is 1. The normalized spacial score (nSPS) is 23.9. The average molecular weight is 296 g/mol. The van der Waals surface area contributed by atoms with Crippen LogP contribution in [0.3, 0.4) is 0 Å². The third kappa shape index (κ3) is 3.00. The van der Waals surface area contributed by atoms with E-state index in [2.05, 4.69) is 51.6 Å². The van der Waals surface area contributed by atoms with Crippen LogP contribution in [0.4, 0.5) is 5.13 Å². The van der Waals surface area contributed by atoms with Crippen LogP contribution in [0.1, 0.15) is 38.3 Å². The highest BCUT2D eigenvalue weighted by Gasteiger charge is 2.33. The highest BCUT2D eigenvalue weighted by molar-refractivity contribution is 7.15. The first kappa shape index (κ1) is 15.7. The Morgan fingerprint density at radius 1 is 1.35 bits per heavy atom. The van der Waals surface area contributed by atoms with E-state index in [1.54, 1.807) is 11.3 Å². The number of nitrogens with zero attached hydrogens (tertiary/aromatic N) is 3. The first-order valence-corrected chi connectivity index (χ1v) is 8.17. The molecule has 0 aliphatic carbocycles. The zero-order chi connectivity index (χ0) is 15.1. The molecule has 0 spiro atoms. The molecule has 0 radical (unpaired) electrons. The third-order valence-electron chi connectivity index (χ3n) is 4.09. The molecule has 4 nitrogen and oxygen atoms in total. The molecule has 2 unspecified atom stereocenters. The molecule has 1 fully saturated rings. The molecule has 1 aliphatic rings. The van der Waals surface area contributed by atoms with Gasteiger partial charge in [-0.05, 0) is 20.0 Å². The molecule has 2 heterocycles. The fourth-order valence-corrected chi connectivity index (χ4v) is 4.14. The van der Waals surface area contributed by atoms with E-state index in [4.69, 9.17) is 10.7 Å². The van der Waals surface area contributed by atoms with Gasteiger partial charge in [0.25, 0.3) is 0 Å². The molecule has 0 saturated carbocycles. The van der Waals surface area contributed by atoms with Crippen molar-refractivity contribution in [2.24, 2.45) is 11.7 Å². The minimum Gasteiger partial charge on any atom is -0.346 e. The van der Waals surface area contributed by atoms with Crippen LogP contribution in [0.25, 0.3) is 0 Å². The topological polar surface area (TPSA) is 45.4 Å². The summed E-state index contributed by atoms with van der Waals surface area (Å²) in [7, 11) is 4.33. The van der Waals surface area contributed by atoms with Crippen molar-refractivity contribution in [3.8, 4) is 0 Å². The summed E-state index contributed by atoms with van der Waals surface area (Å²) in [5.74, 6) is 0.674. The molecule has 2 rings (SSSR count). The standard InChI is InChI=1S/C15H28N4S/c1-10-8-19(9-11(10)18(5)6)14-17-13(15(2,3)4)12(7-16)20-14/h10-11H,7-9,16H2,1-6H3. The maximum absolute atomic E-state index is 5.91. The van der Waals surface area contributed by atoms with Gasteiger partial charge >= 0.3 is 0 Å². The summed E-state index contributed by atoms with van der Waals surface area (Å²) in [6.07, 6.45) is 0. The van der Waals surface area contributed by atoms with Gasteiger partial charge in [-0.2, -0.15) is 0 Å². The first-order chi connectivity index (χ1) is 9.24. The predicted octanol–water partition coefficient (Wildman–Crippen LogP) is 2.29. The van der Waals surface area contributed by atoms with Crippen LogP contribution in [0, 0.1) is 5.92 Å². The summed E-state index contributed by atoms with van der Waals surface area (Å²) in [5.41, 5.74) is 7.14. The Labute approximate surface area is 127 Å². The van der Waals surface area contributed by atoms with Gasteiger partial charge in [0.15, 0.2) is 5.13 Å². The summed E-state index contributed by atoms with van der Waals surface area (Å²) >= 11 is 1.77. The molecule has 0 amide bonds. The number of hydrogen-bond donors (Lipinski definition) is 1. The van der Waals surface area contributed by atoms with Crippen molar-refractivity contribution in [1.29, 1.82) is 0 Å². The Hall–Kier alpha value is -0.650. The minimum absolute atomic E-state index is 0.0652. The van der Waals surface area contributed by atoms with Crippen LogP contribution in [0.5, 0.6) is 0 Å². The fraction of sp³-hybridized carbons (Fsp3) is 0.800. The maximum atomic E-state index is 5.91. The Morgan fingerprint density at radius 3 is 2.40 bits per heavy atom. The van der Waals surface area contributed by atoms with Crippen molar-refractivity contribution in [2.45, 2.75) is 45.7 Å². The number of hydrogen-bond acceptors (Lipinski definition) is 5. The van der Waals surface area contributed by atoms with E-state index >= 15 is 0 Å². The smallest absolute Gasteiger partial charge is 0.185 e. The molecule has 1 aliphatic heterocycles. The highest BCUT2D eigenvalue weighted by atomic mass is 32.1. The Morgan fingerprint density at radius 2 is 2.00 bits per heavy atom. The molecule has 2 atom stereocenters. The molecule has 1 aromatic heterocycles. The van der Waals surface area contributed by atoms with E-state index in [9.17, 15) is 0 Å². The molecular formula is C15H28N4S. The van der Waals surface area contributed by atoms with E-state index in [-0.39, 0.29) is 5.41 Å². The summed E-state index contributed by atoms with van der Waals surface area (Å²) in [6, 6.07) is 0.610. The van der Waals surface area contributed by atoms with Crippen molar-refractivity contribution in [2.75, 3.05) is 32.1 Å². The molecule has 0 bridgehead atoms. The fourth-order valence-electron chi connectivity index (χ4n) is 2.98. The Kier molecular flexibility index (Phi) is 4.42. The van der Waals surface area contributed by atoms with Crippen molar-refractivity contribution in [3.63, 3.8) is 0 Å². The van der Waals surface area contributed by atoms with Crippen molar-refractivity contribution >= 4 is 16.5 Å². The molecule has 20 heavy (non-hydrogen) atoms. The Balaban J connectivity index is 2.25. The summed E-state index contributed by atoms with van der Waals surface area (Å²) in [6.45, 7) is 11.7. The summed E-state index contributed by atoms with van der Waals surface area (Å²) < 4.78 is 0. The van der Waals surface area contributed by atoms with Gasteiger partial charge in [0.2, 0.25) is 0 Å². The quantitative estimate of drug-likeness (QED) is 0.929. The molecule has 0 aromatic carbocycles. The number of anilines is 1. The lowest BCUT2D eigenvalue weighted by atomic mass is 9.91. The van der Waals surface area contributed by atoms with E-state index in [1.165, 1.54) is 10.6 Å². The minimum atomic E-state index is 0.0652. The van der Waals surface area contributed by atoms with Crippen molar-refractivity contribution < 1.29 is 0 Å². The van der Waals surface area contributed by atoms with E-state index < -0.39 is 0 Å². The number of aromatic nitrogens is 1. The van der Waals surface area contributed by atoms with E-state index in [1.807, 2.05) is 0 Å². The second kappa shape index (κ2) is 5.62. The van der Waals surface area contributed by atoms with Gasteiger partial charge in [-0.25, -0.2) is 4.98 Å². The van der Waals surface area contributed by atoms with Gasteiger partial charge in [0, 0.05) is 36.0 Å². The lowest BCUT2D eigenvalue weighted by Gasteiger charge is -2.22. The van der Waals surface area contributed by atoms with E-state index in [0.29, 0.717) is 18.5 Å². The van der Waals surface area contributed by atoms with Gasteiger partial charge in [-0.15, -0.1) is 11.3 Å². The first-order valence-electron chi connectivity index (χ1n) is 7.35. The number of nitrogens with two attached hydrogens (primary N) is 1. The summed E-state index contributed by atoms with van der Waals surface area (Å²) in [4.78, 5) is 10.9. The van der Waals surface area contributed by atoms with Crippen LogP contribution < -0.4 is 10.6 Å². The molecule has 1 saturated heterocycles.